The van der Waals surface area contributed by atoms with E-state index < -0.39 is 0 Å². The van der Waals surface area contributed by atoms with Crippen molar-refractivity contribution < 1.29 is 9.47 Å². The summed E-state index contributed by atoms with van der Waals surface area (Å²) in [6, 6.07) is 0. The molecule has 0 aromatic carbocycles. The number of hydrogen-bond donors (Lipinski definition) is 0. The molecule has 0 aliphatic heterocycles. The lowest BCUT2D eigenvalue weighted by Crippen LogP contribution is -2.42. The summed E-state index contributed by atoms with van der Waals surface area (Å²) in [6.07, 6.45) is 21.7. The minimum Gasteiger partial charge on any atom is -0.374 e. The standard InChI is InChI=1S/C26H46O2/c1-5-19-27-24-17-18-26(4,23-13-11-9-7-8-10-12-14-23)25(28-20-6-2)16-15-22(3)21-24/h5-6,22-25H,1-2,7-21H2,3-4H3. The Labute approximate surface area is 175 Å². The van der Waals surface area contributed by atoms with Crippen LogP contribution in [0.5, 0.6) is 0 Å². The van der Waals surface area contributed by atoms with E-state index in [0.29, 0.717) is 31.3 Å². The van der Waals surface area contributed by atoms with E-state index in [4.69, 9.17) is 9.47 Å². The van der Waals surface area contributed by atoms with Crippen LogP contribution in [0.4, 0.5) is 0 Å². The van der Waals surface area contributed by atoms with E-state index in [-0.39, 0.29) is 5.41 Å². The Hall–Kier alpha value is -0.600. The van der Waals surface area contributed by atoms with E-state index >= 15 is 0 Å². The molecular weight excluding hydrogens is 344 g/mol. The van der Waals surface area contributed by atoms with Crippen LogP contribution >= 0.6 is 0 Å². The van der Waals surface area contributed by atoms with Gasteiger partial charge >= 0.3 is 0 Å². The van der Waals surface area contributed by atoms with Gasteiger partial charge in [-0.05, 0) is 62.2 Å². The second kappa shape index (κ2) is 12.9. The monoisotopic (exact) mass is 390 g/mol. The van der Waals surface area contributed by atoms with E-state index in [1.54, 1.807) is 0 Å². The lowest BCUT2D eigenvalue weighted by molar-refractivity contribution is -0.0714. The molecule has 2 aliphatic carbocycles. The lowest BCUT2D eigenvalue weighted by atomic mass is 9.65. The van der Waals surface area contributed by atoms with Gasteiger partial charge in [0.05, 0.1) is 25.4 Å². The molecule has 0 heterocycles. The SMILES string of the molecule is C=CCOC1CCC(C)(C2CCCCCCCC2)C(OCC=C)CCC(C)C1. The van der Waals surface area contributed by atoms with Crippen molar-refractivity contribution in [2.45, 2.75) is 110 Å². The molecule has 0 amide bonds. The van der Waals surface area contributed by atoms with Crippen LogP contribution in [-0.4, -0.2) is 25.4 Å². The molecule has 2 nitrogen and oxygen atoms in total. The van der Waals surface area contributed by atoms with Crippen LogP contribution in [0.2, 0.25) is 0 Å². The Morgan fingerprint density at radius 1 is 0.821 bits per heavy atom. The van der Waals surface area contributed by atoms with Crippen molar-refractivity contribution in [1.82, 2.24) is 0 Å². The van der Waals surface area contributed by atoms with Crippen molar-refractivity contribution in [3.8, 4) is 0 Å². The van der Waals surface area contributed by atoms with Crippen molar-refractivity contribution in [2.24, 2.45) is 17.3 Å². The van der Waals surface area contributed by atoms with E-state index in [1.807, 2.05) is 12.2 Å². The van der Waals surface area contributed by atoms with Crippen LogP contribution in [0, 0.1) is 17.3 Å². The van der Waals surface area contributed by atoms with Gasteiger partial charge in [0.2, 0.25) is 0 Å². The summed E-state index contributed by atoms with van der Waals surface area (Å²) in [5.74, 6) is 1.46. The molecule has 2 fully saturated rings. The maximum atomic E-state index is 6.49. The zero-order chi connectivity index (χ0) is 20.2. The molecule has 0 aromatic rings. The fourth-order valence-corrected chi connectivity index (χ4v) is 5.66. The van der Waals surface area contributed by atoms with E-state index in [0.717, 1.165) is 12.3 Å². The fourth-order valence-electron chi connectivity index (χ4n) is 5.66. The molecule has 2 aliphatic rings. The summed E-state index contributed by atoms with van der Waals surface area (Å²) in [7, 11) is 0. The summed E-state index contributed by atoms with van der Waals surface area (Å²) >= 11 is 0. The molecule has 28 heavy (non-hydrogen) atoms. The van der Waals surface area contributed by atoms with Crippen molar-refractivity contribution >= 4 is 0 Å². The predicted octanol–water partition coefficient (Wildman–Crippen LogP) is 7.49. The molecule has 2 saturated carbocycles. The maximum Gasteiger partial charge on any atom is 0.0648 e. The van der Waals surface area contributed by atoms with Gasteiger partial charge < -0.3 is 9.47 Å². The molecule has 0 spiro atoms. The van der Waals surface area contributed by atoms with Gasteiger partial charge in [0.25, 0.3) is 0 Å². The molecular formula is C26H46O2. The molecule has 0 bridgehead atoms. The Morgan fingerprint density at radius 2 is 1.43 bits per heavy atom. The van der Waals surface area contributed by atoms with E-state index in [2.05, 4.69) is 27.0 Å². The third-order valence-corrected chi connectivity index (χ3v) is 7.48. The quantitative estimate of drug-likeness (QED) is 0.419. The van der Waals surface area contributed by atoms with Crippen molar-refractivity contribution in [1.29, 1.82) is 0 Å². The zero-order valence-corrected chi connectivity index (χ0v) is 18.8. The topological polar surface area (TPSA) is 18.5 Å². The second-order valence-electron chi connectivity index (χ2n) is 9.71. The molecule has 2 heteroatoms. The van der Waals surface area contributed by atoms with Crippen molar-refractivity contribution in [3.05, 3.63) is 25.3 Å². The normalized spacial score (nSPS) is 34.1. The minimum atomic E-state index is 0.243. The highest BCUT2D eigenvalue weighted by Crippen LogP contribution is 2.47. The Bertz CT molecular complexity index is 436. The van der Waals surface area contributed by atoms with Crippen LogP contribution < -0.4 is 0 Å². The van der Waals surface area contributed by atoms with Gasteiger partial charge in [-0.2, -0.15) is 0 Å². The third kappa shape index (κ3) is 7.34. The Balaban J connectivity index is 2.21. The second-order valence-corrected chi connectivity index (χ2v) is 9.71. The number of rotatable bonds is 7. The maximum absolute atomic E-state index is 6.49. The minimum absolute atomic E-state index is 0.243. The molecule has 0 N–H and O–H groups in total. The van der Waals surface area contributed by atoms with Gasteiger partial charge in [-0.25, -0.2) is 0 Å². The van der Waals surface area contributed by atoms with Crippen LogP contribution in [0.25, 0.3) is 0 Å². The van der Waals surface area contributed by atoms with Gasteiger partial charge in [-0.15, -0.1) is 13.2 Å². The largest absolute Gasteiger partial charge is 0.374 e. The summed E-state index contributed by atoms with van der Waals surface area (Å²) in [4.78, 5) is 0. The third-order valence-electron chi connectivity index (χ3n) is 7.48. The van der Waals surface area contributed by atoms with Crippen LogP contribution in [0.1, 0.15) is 97.3 Å². The van der Waals surface area contributed by atoms with Gasteiger partial charge in [-0.1, -0.05) is 64.5 Å². The lowest BCUT2D eigenvalue weighted by Gasteiger charge is -2.44. The van der Waals surface area contributed by atoms with Gasteiger partial charge in [0.1, 0.15) is 0 Å². The Kier molecular flexibility index (Phi) is 10.9. The molecule has 0 saturated heterocycles. The highest BCUT2D eigenvalue weighted by molar-refractivity contribution is 4.93. The van der Waals surface area contributed by atoms with Gasteiger partial charge in [0, 0.05) is 0 Å². The Morgan fingerprint density at radius 3 is 2.07 bits per heavy atom. The molecule has 4 atom stereocenters. The first-order valence-corrected chi connectivity index (χ1v) is 12.0. The fraction of sp³-hybridized carbons (Fsp3) is 0.846. The van der Waals surface area contributed by atoms with E-state index in [9.17, 15) is 0 Å². The first-order valence-electron chi connectivity index (χ1n) is 12.0. The summed E-state index contributed by atoms with van der Waals surface area (Å²) in [5.41, 5.74) is 0.243. The average Bonchev–Trinajstić information content (AvgIpc) is 2.86. The highest BCUT2D eigenvalue weighted by atomic mass is 16.5. The zero-order valence-electron chi connectivity index (χ0n) is 18.8. The summed E-state index contributed by atoms with van der Waals surface area (Å²) < 4.78 is 12.7. The molecule has 0 aromatic heterocycles. The summed E-state index contributed by atoms with van der Waals surface area (Å²) in [5, 5.41) is 0. The predicted molar refractivity (Wildman–Crippen MR) is 121 cm³/mol. The number of ether oxygens (including phenoxy) is 2. The first-order chi connectivity index (χ1) is 13.6. The average molecular weight is 391 g/mol. The molecule has 4 unspecified atom stereocenters. The molecule has 2 rings (SSSR count). The highest BCUT2D eigenvalue weighted by Gasteiger charge is 2.42. The molecule has 0 radical (unpaired) electrons. The van der Waals surface area contributed by atoms with Crippen LogP contribution in [0.15, 0.2) is 25.3 Å². The summed E-state index contributed by atoms with van der Waals surface area (Å²) in [6.45, 7) is 14.0. The molecule has 162 valence electrons. The van der Waals surface area contributed by atoms with Crippen LogP contribution in [-0.2, 0) is 9.47 Å². The van der Waals surface area contributed by atoms with E-state index in [1.165, 1.54) is 77.0 Å². The van der Waals surface area contributed by atoms with Crippen molar-refractivity contribution in [3.63, 3.8) is 0 Å². The van der Waals surface area contributed by atoms with Gasteiger partial charge in [0.15, 0.2) is 0 Å². The van der Waals surface area contributed by atoms with Crippen molar-refractivity contribution in [2.75, 3.05) is 13.2 Å². The van der Waals surface area contributed by atoms with Gasteiger partial charge in [-0.3, -0.25) is 0 Å². The first kappa shape index (κ1) is 23.7. The van der Waals surface area contributed by atoms with Crippen LogP contribution in [0.3, 0.4) is 0 Å². The number of hydrogen-bond acceptors (Lipinski definition) is 2. The smallest absolute Gasteiger partial charge is 0.0648 e.